The zero-order valence-corrected chi connectivity index (χ0v) is 14.5. The van der Waals surface area contributed by atoms with E-state index in [1.165, 1.54) is 6.07 Å². The highest BCUT2D eigenvalue weighted by molar-refractivity contribution is 5.82. The lowest BCUT2D eigenvalue weighted by Crippen LogP contribution is -2.42. The molecule has 6 nitrogen and oxygen atoms in total. The number of urea groups is 1. The maximum Gasteiger partial charge on any atom is 0.317 e. The molecule has 1 aromatic carbocycles. The second-order valence-corrected chi connectivity index (χ2v) is 6.86. The van der Waals surface area contributed by atoms with Crippen LogP contribution in [0.4, 0.5) is 4.79 Å². The minimum atomic E-state index is -0.319. The van der Waals surface area contributed by atoms with Gasteiger partial charge in [0.1, 0.15) is 0 Å². The van der Waals surface area contributed by atoms with Crippen molar-refractivity contribution in [2.45, 2.75) is 38.3 Å². The van der Waals surface area contributed by atoms with Crippen molar-refractivity contribution in [3.8, 4) is 0 Å². The number of fused-ring (bicyclic) bond motifs is 1. The molecule has 1 aliphatic carbocycles. The molecule has 0 radical (unpaired) electrons. The summed E-state index contributed by atoms with van der Waals surface area (Å²) in [5, 5.41) is 13.9. The fourth-order valence-corrected chi connectivity index (χ4v) is 3.56. The van der Waals surface area contributed by atoms with Gasteiger partial charge in [0.15, 0.2) is 0 Å². The summed E-state index contributed by atoms with van der Waals surface area (Å²) in [4.78, 5) is 28.6. The molecule has 6 heteroatoms. The number of H-pyrrole nitrogens is 1. The van der Waals surface area contributed by atoms with E-state index in [9.17, 15) is 14.7 Å². The third-order valence-corrected chi connectivity index (χ3v) is 4.99. The number of pyridine rings is 1. The maximum atomic E-state index is 12.4. The minimum absolute atomic E-state index is 0.143. The minimum Gasteiger partial charge on any atom is -0.393 e. The molecule has 2 amide bonds. The number of amides is 2. The molecule has 1 fully saturated rings. The largest absolute Gasteiger partial charge is 0.393 e. The summed E-state index contributed by atoms with van der Waals surface area (Å²) in [5.74, 6) is 0.143. The Morgan fingerprint density at radius 2 is 2.08 bits per heavy atom. The monoisotopic (exact) mass is 343 g/mol. The van der Waals surface area contributed by atoms with Crippen molar-refractivity contribution < 1.29 is 9.90 Å². The van der Waals surface area contributed by atoms with Crippen LogP contribution in [0.15, 0.2) is 35.1 Å². The number of nitrogens with zero attached hydrogens (tertiary/aromatic N) is 1. The van der Waals surface area contributed by atoms with Crippen LogP contribution in [0.25, 0.3) is 10.9 Å². The van der Waals surface area contributed by atoms with Crippen LogP contribution < -0.4 is 10.9 Å². The van der Waals surface area contributed by atoms with E-state index in [2.05, 4.69) is 10.3 Å². The van der Waals surface area contributed by atoms with Gasteiger partial charge in [-0.1, -0.05) is 31.0 Å². The molecule has 0 saturated heterocycles. The van der Waals surface area contributed by atoms with Gasteiger partial charge >= 0.3 is 6.03 Å². The number of nitrogens with one attached hydrogen (secondary N) is 2. The van der Waals surface area contributed by atoms with Crippen LogP contribution in [-0.2, 0) is 6.54 Å². The first-order valence-electron chi connectivity index (χ1n) is 8.82. The number of aliphatic hydroxyl groups excluding tert-OH is 1. The summed E-state index contributed by atoms with van der Waals surface area (Å²) in [7, 11) is 1.74. The van der Waals surface area contributed by atoms with E-state index >= 15 is 0 Å². The Labute approximate surface area is 146 Å². The number of aromatic amines is 1. The summed E-state index contributed by atoms with van der Waals surface area (Å²) in [6, 6.07) is 8.87. The van der Waals surface area contributed by atoms with Gasteiger partial charge in [-0.05, 0) is 24.5 Å². The number of rotatable bonds is 4. The lowest BCUT2D eigenvalue weighted by molar-refractivity contribution is 0.0565. The predicted octanol–water partition coefficient (Wildman–Crippen LogP) is 2.22. The van der Waals surface area contributed by atoms with Gasteiger partial charge in [-0.3, -0.25) is 4.79 Å². The van der Waals surface area contributed by atoms with Crippen LogP contribution in [0.5, 0.6) is 0 Å². The van der Waals surface area contributed by atoms with Crippen LogP contribution in [0, 0.1) is 5.92 Å². The molecule has 0 unspecified atom stereocenters. The number of aromatic nitrogens is 1. The third-order valence-electron chi connectivity index (χ3n) is 4.99. The van der Waals surface area contributed by atoms with E-state index in [4.69, 9.17) is 0 Å². The zero-order valence-electron chi connectivity index (χ0n) is 14.5. The van der Waals surface area contributed by atoms with Gasteiger partial charge in [0, 0.05) is 43.0 Å². The van der Waals surface area contributed by atoms with Crippen LogP contribution in [0.2, 0.25) is 0 Å². The summed E-state index contributed by atoms with van der Waals surface area (Å²) < 4.78 is 0. The van der Waals surface area contributed by atoms with Gasteiger partial charge in [-0.25, -0.2) is 4.79 Å². The molecule has 0 aliphatic heterocycles. The van der Waals surface area contributed by atoms with Gasteiger partial charge < -0.3 is 20.3 Å². The molecular weight excluding hydrogens is 318 g/mol. The molecule has 3 N–H and O–H groups in total. The zero-order chi connectivity index (χ0) is 17.8. The van der Waals surface area contributed by atoms with Crippen molar-refractivity contribution in [3.63, 3.8) is 0 Å². The average molecular weight is 343 g/mol. The molecule has 1 heterocycles. The Bertz CT molecular complexity index is 802. The van der Waals surface area contributed by atoms with Crippen molar-refractivity contribution >= 4 is 16.9 Å². The standard InChI is InChI=1S/C19H25N3O3/c1-22(12-13-6-2-5-9-17(13)23)19(25)20-11-14-10-18(24)21-16-8-4-3-7-15(14)16/h3-4,7-8,10,13,17,23H,2,5-6,9,11-12H2,1H3,(H,20,25)(H,21,24)/t13-,17+/m0/s1. The Morgan fingerprint density at radius 1 is 1.32 bits per heavy atom. The van der Waals surface area contributed by atoms with E-state index < -0.39 is 0 Å². The van der Waals surface area contributed by atoms with Gasteiger partial charge in [0.25, 0.3) is 0 Å². The second-order valence-electron chi connectivity index (χ2n) is 6.86. The first kappa shape index (κ1) is 17.5. The molecule has 1 aliphatic rings. The van der Waals surface area contributed by atoms with Crippen LogP contribution >= 0.6 is 0 Å². The lowest BCUT2D eigenvalue weighted by Gasteiger charge is -2.31. The SMILES string of the molecule is CN(C[C@@H]1CCCC[C@H]1O)C(=O)NCc1cc(=O)[nH]c2ccccc12. The number of benzene rings is 1. The Morgan fingerprint density at radius 3 is 2.88 bits per heavy atom. The molecule has 2 aromatic rings. The maximum absolute atomic E-state index is 12.4. The van der Waals surface area contributed by atoms with Crippen LogP contribution in [-0.4, -0.2) is 40.7 Å². The highest BCUT2D eigenvalue weighted by Crippen LogP contribution is 2.24. The topological polar surface area (TPSA) is 85.4 Å². The number of carbonyl (C=O) groups is 1. The van der Waals surface area contributed by atoms with Crippen molar-refractivity contribution in [1.29, 1.82) is 0 Å². The van der Waals surface area contributed by atoms with E-state index in [1.807, 2.05) is 24.3 Å². The smallest absolute Gasteiger partial charge is 0.317 e. The predicted molar refractivity (Wildman–Crippen MR) is 97.4 cm³/mol. The van der Waals surface area contributed by atoms with Gasteiger partial charge in [0.05, 0.1) is 6.10 Å². The highest BCUT2D eigenvalue weighted by Gasteiger charge is 2.25. The Balaban J connectivity index is 1.63. The normalized spacial score (nSPS) is 20.4. The fourth-order valence-electron chi connectivity index (χ4n) is 3.56. The lowest BCUT2D eigenvalue weighted by atomic mass is 9.86. The highest BCUT2D eigenvalue weighted by atomic mass is 16.3. The van der Waals surface area contributed by atoms with Crippen molar-refractivity contribution in [2.75, 3.05) is 13.6 Å². The summed E-state index contributed by atoms with van der Waals surface area (Å²) in [6.07, 6.45) is 3.62. The quantitative estimate of drug-likeness (QED) is 0.796. The van der Waals surface area contributed by atoms with E-state index in [-0.39, 0.29) is 23.6 Å². The Kier molecular flexibility index (Phi) is 5.38. The van der Waals surface area contributed by atoms with Gasteiger partial charge in [-0.2, -0.15) is 0 Å². The first-order chi connectivity index (χ1) is 12.0. The summed E-state index contributed by atoms with van der Waals surface area (Å²) in [6.45, 7) is 0.837. The molecule has 1 saturated carbocycles. The average Bonchev–Trinajstić information content (AvgIpc) is 2.61. The molecule has 3 rings (SSSR count). The van der Waals surface area contributed by atoms with Gasteiger partial charge in [0.2, 0.25) is 5.56 Å². The molecule has 25 heavy (non-hydrogen) atoms. The molecule has 134 valence electrons. The molecular formula is C19H25N3O3. The second kappa shape index (κ2) is 7.70. The fraction of sp³-hybridized carbons (Fsp3) is 0.474. The third kappa shape index (κ3) is 4.20. The van der Waals surface area contributed by atoms with Crippen LogP contribution in [0.1, 0.15) is 31.2 Å². The molecule has 0 bridgehead atoms. The van der Waals surface area contributed by atoms with Crippen molar-refractivity contribution in [2.24, 2.45) is 5.92 Å². The molecule has 0 spiro atoms. The number of carbonyl (C=O) groups excluding carboxylic acids is 1. The summed E-state index contributed by atoms with van der Waals surface area (Å²) >= 11 is 0. The van der Waals surface area contributed by atoms with E-state index in [0.717, 1.165) is 42.1 Å². The van der Waals surface area contributed by atoms with E-state index in [1.54, 1.807) is 11.9 Å². The van der Waals surface area contributed by atoms with Crippen molar-refractivity contribution in [3.05, 3.63) is 46.2 Å². The number of para-hydroxylation sites is 1. The van der Waals surface area contributed by atoms with E-state index in [0.29, 0.717) is 13.1 Å². The number of hydrogen-bond donors (Lipinski definition) is 3. The van der Waals surface area contributed by atoms with Crippen LogP contribution in [0.3, 0.4) is 0 Å². The molecule has 1 aromatic heterocycles. The van der Waals surface area contributed by atoms with Crippen molar-refractivity contribution in [1.82, 2.24) is 15.2 Å². The first-order valence-corrected chi connectivity index (χ1v) is 8.82. The number of aliphatic hydroxyl groups is 1. The van der Waals surface area contributed by atoms with Gasteiger partial charge in [-0.15, -0.1) is 0 Å². The summed E-state index contributed by atoms with van der Waals surface area (Å²) in [5.41, 5.74) is 1.37. The Hall–Kier alpha value is -2.34. The molecule has 2 atom stereocenters. The number of hydrogen-bond acceptors (Lipinski definition) is 3.